The molecule has 0 atom stereocenters. The van der Waals surface area contributed by atoms with Gasteiger partial charge in [0, 0.05) is 13.0 Å². The predicted molar refractivity (Wildman–Crippen MR) is 84.6 cm³/mol. The second kappa shape index (κ2) is 8.23. The van der Waals surface area contributed by atoms with E-state index >= 15 is 0 Å². The average Bonchev–Trinajstić information content (AvgIpc) is 2.96. The molecule has 1 heterocycles. The van der Waals surface area contributed by atoms with Gasteiger partial charge in [0.25, 0.3) is 5.91 Å². The maximum absolute atomic E-state index is 11.9. The molecule has 7 nitrogen and oxygen atoms in total. The minimum atomic E-state index is -0.828. The number of aromatic nitrogens is 2. The maximum Gasteiger partial charge on any atom is 0.303 e. The van der Waals surface area contributed by atoms with Gasteiger partial charge < -0.3 is 15.2 Å². The number of ether oxygens (including phenoxy) is 1. The molecule has 1 amide bonds. The van der Waals surface area contributed by atoms with Crippen LogP contribution < -0.4 is 10.1 Å². The number of hydrogen-bond donors (Lipinski definition) is 2. The Hall–Kier alpha value is -2.48. The fraction of sp³-hybridized carbons (Fsp3) is 0.333. The number of carboxylic acid groups (broad SMARTS) is 1. The molecule has 0 aliphatic carbocycles. The summed E-state index contributed by atoms with van der Waals surface area (Å²) in [4.78, 5) is 22.9. The van der Waals surface area contributed by atoms with Gasteiger partial charge in [0.05, 0.1) is 12.3 Å². The number of hydrogen-bond acceptors (Lipinski definition) is 6. The van der Waals surface area contributed by atoms with Crippen LogP contribution in [0.15, 0.2) is 24.3 Å². The quantitative estimate of drug-likeness (QED) is 0.716. The van der Waals surface area contributed by atoms with Crippen molar-refractivity contribution < 1.29 is 19.4 Å². The molecule has 1 aromatic carbocycles. The number of aliphatic carboxylic acids is 1. The third-order valence-corrected chi connectivity index (χ3v) is 3.86. The monoisotopic (exact) mass is 335 g/mol. The summed E-state index contributed by atoms with van der Waals surface area (Å²) in [7, 11) is 0. The van der Waals surface area contributed by atoms with E-state index in [9.17, 15) is 9.59 Å². The van der Waals surface area contributed by atoms with Gasteiger partial charge in [0.1, 0.15) is 10.6 Å². The largest absolute Gasteiger partial charge is 0.494 e. The Kier molecular flexibility index (Phi) is 6.04. The minimum Gasteiger partial charge on any atom is -0.494 e. The number of aryl methyl sites for hydroxylation is 1. The minimum absolute atomic E-state index is 0.0932. The number of benzene rings is 1. The van der Waals surface area contributed by atoms with Crippen molar-refractivity contribution in [3.63, 3.8) is 0 Å². The molecule has 0 saturated heterocycles. The van der Waals surface area contributed by atoms with E-state index in [0.717, 1.165) is 17.1 Å². The standard InChI is InChI=1S/C15H17N3O4S/c1-10-14(23-18-17-10)15(21)16-9-11-4-6-12(7-5-11)22-8-2-3-13(19)20/h4-7H,2-3,8-9H2,1H3,(H,16,21)(H,19,20). The highest BCUT2D eigenvalue weighted by atomic mass is 32.1. The molecule has 2 N–H and O–H groups in total. The first kappa shape index (κ1) is 16.9. The number of rotatable bonds is 8. The third kappa shape index (κ3) is 5.33. The lowest BCUT2D eigenvalue weighted by molar-refractivity contribution is -0.137. The van der Waals surface area contributed by atoms with Crippen molar-refractivity contribution in [3.05, 3.63) is 40.4 Å². The Morgan fingerprint density at radius 3 is 2.65 bits per heavy atom. The van der Waals surface area contributed by atoms with E-state index in [0.29, 0.717) is 35.9 Å². The molecule has 2 aromatic rings. The van der Waals surface area contributed by atoms with Crippen molar-refractivity contribution in [3.8, 4) is 5.75 Å². The average molecular weight is 335 g/mol. The SMILES string of the molecule is Cc1nnsc1C(=O)NCc1ccc(OCCCC(=O)O)cc1. The van der Waals surface area contributed by atoms with E-state index in [4.69, 9.17) is 9.84 Å². The van der Waals surface area contributed by atoms with Crippen molar-refractivity contribution in [1.82, 2.24) is 14.9 Å². The lowest BCUT2D eigenvalue weighted by Gasteiger charge is -2.07. The van der Waals surface area contributed by atoms with Crippen molar-refractivity contribution in [2.75, 3.05) is 6.61 Å². The zero-order valence-electron chi connectivity index (χ0n) is 12.6. The van der Waals surface area contributed by atoms with E-state index in [-0.39, 0.29) is 12.3 Å². The maximum atomic E-state index is 11.9. The predicted octanol–water partition coefficient (Wildman–Crippen LogP) is 2.02. The van der Waals surface area contributed by atoms with Gasteiger partial charge in [-0.3, -0.25) is 9.59 Å². The Bertz CT molecular complexity index is 670. The smallest absolute Gasteiger partial charge is 0.303 e. The molecular weight excluding hydrogens is 318 g/mol. The summed E-state index contributed by atoms with van der Waals surface area (Å²) < 4.78 is 9.18. The summed E-state index contributed by atoms with van der Waals surface area (Å²) in [5.74, 6) is -0.342. The van der Waals surface area contributed by atoms with E-state index in [1.807, 2.05) is 12.1 Å². The topological polar surface area (TPSA) is 101 Å². The highest BCUT2D eigenvalue weighted by Crippen LogP contribution is 2.13. The summed E-state index contributed by atoms with van der Waals surface area (Å²) in [6.45, 7) is 2.50. The van der Waals surface area contributed by atoms with Crippen LogP contribution in [0.5, 0.6) is 5.75 Å². The Morgan fingerprint density at radius 1 is 1.30 bits per heavy atom. The van der Waals surface area contributed by atoms with Gasteiger partial charge in [-0.25, -0.2) is 0 Å². The molecule has 0 unspecified atom stereocenters. The molecule has 2 rings (SSSR count). The van der Waals surface area contributed by atoms with Gasteiger partial charge in [0.15, 0.2) is 0 Å². The fourth-order valence-electron chi connectivity index (χ4n) is 1.82. The van der Waals surface area contributed by atoms with Crippen molar-refractivity contribution >= 4 is 23.4 Å². The first-order valence-corrected chi connectivity index (χ1v) is 7.84. The van der Waals surface area contributed by atoms with Gasteiger partial charge in [0.2, 0.25) is 0 Å². The molecule has 0 radical (unpaired) electrons. The molecule has 0 aliphatic rings. The van der Waals surface area contributed by atoms with Crippen LogP contribution in [0.4, 0.5) is 0 Å². The van der Waals surface area contributed by atoms with Gasteiger partial charge in [-0.2, -0.15) is 0 Å². The van der Waals surface area contributed by atoms with Gasteiger partial charge in [-0.1, -0.05) is 16.6 Å². The van der Waals surface area contributed by atoms with Crippen molar-refractivity contribution in [2.24, 2.45) is 0 Å². The number of nitrogens with zero attached hydrogens (tertiary/aromatic N) is 2. The number of carboxylic acids is 1. The number of amides is 1. The van der Waals surface area contributed by atoms with Crippen LogP contribution >= 0.6 is 11.5 Å². The normalized spacial score (nSPS) is 10.3. The molecule has 1 aromatic heterocycles. The van der Waals surface area contributed by atoms with Gasteiger partial charge in [-0.15, -0.1) is 5.10 Å². The van der Waals surface area contributed by atoms with Crippen LogP contribution in [0.25, 0.3) is 0 Å². The second-order valence-electron chi connectivity index (χ2n) is 4.86. The lowest BCUT2D eigenvalue weighted by atomic mass is 10.2. The Labute approximate surface area is 137 Å². The van der Waals surface area contributed by atoms with Gasteiger partial charge >= 0.3 is 5.97 Å². The molecule has 0 fully saturated rings. The summed E-state index contributed by atoms with van der Waals surface area (Å²) in [5, 5.41) is 15.2. The zero-order valence-corrected chi connectivity index (χ0v) is 13.4. The summed E-state index contributed by atoms with van der Waals surface area (Å²) >= 11 is 1.07. The highest BCUT2D eigenvalue weighted by Gasteiger charge is 2.12. The van der Waals surface area contributed by atoms with Crippen LogP contribution in [-0.4, -0.2) is 33.2 Å². The second-order valence-corrected chi connectivity index (χ2v) is 5.61. The van der Waals surface area contributed by atoms with Crippen LogP contribution in [0.2, 0.25) is 0 Å². The first-order chi connectivity index (χ1) is 11.1. The number of carbonyl (C=O) groups excluding carboxylic acids is 1. The summed E-state index contributed by atoms with van der Waals surface area (Å²) in [6, 6.07) is 7.29. The Balaban J connectivity index is 1.77. The van der Waals surface area contributed by atoms with Gasteiger partial charge in [-0.05, 0) is 42.6 Å². The van der Waals surface area contributed by atoms with E-state index < -0.39 is 5.97 Å². The molecule has 0 saturated carbocycles. The van der Waals surface area contributed by atoms with E-state index in [2.05, 4.69) is 14.9 Å². The van der Waals surface area contributed by atoms with E-state index in [1.54, 1.807) is 19.1 Å². The van der Waals surface area contributed by atoms with Crippen LogP contribution in [0.1, 0.15) is 33.8 Å². The number of carbonyl (C=O) groups is 2. The van der Waals surface area contributed by atoms with E-state index in [1.165, 1.54) is 0 Å². The molecule has 8 heteroatoms. The van der Waals surface area contributed by atoms with Crippen LogP contribution in [0, 0.1) is 6.92 Å². The summed E-state index contributed by atoms with van der Waals surface area (Å²) in [6.07, 6.45) is 0.561. The highest BCUT2D eigenvalue weighted by molar-refractivity contribution is 7.07. The first-order valence-electron chi connectivity index (χ1n) is 7.07. The van der Waals surface area contributed by atoms with Crippen molar-refractivity contribution in [1.29, 1.82) is 0 Å². The third-order valence-electron chi connectivity index (χ3n) is 3.04. The Morgan fingerprint density at radius 2 is 2.04 bits per heavy atom. The number of nitrogens with one attached hydrogen (secondary N) is 1. The molecule has 122 valence electrons. The molecule has 0 aliphatic heterocycles. The summed E-state index contributed by atoms with van der Waals surface area (Å²) in [5.41, 5.74) is 1.56. The fourth-order valence-corrected chi connectivity index (χ4v) is 2.39. The van der Waals surface area contributed by atoms with Crippen LogP contribution in [0.3, 0.4) is 0 Å². The molecule has 23 heavy (non-hydrogen) atoms. The lowest BCUT2D eigenvalue weighted by Crippen LogP contribution is -2.22. The molecule has 0 bridgehead atoms. The molecular formula is C15H17N3O4S. The van der Waals surface area contributed by atoms with Crippen LogP contribution in [-0.2, 0) is 11.3 Å². The van der Waals surface area contributed by atoms with Crippen molar-refractivity contribution in [2.45, 2.75) is 26.3 Å². The zero-order chi connectivity index (χ0) is 16.7. The molecule has 0 spiro atoms.